The topological polar surface area (TPSA) is 129 Å². The van der Waals surface area contributed by atoms with E-state index in [1.165, 1.54) is 19.2 Å². The van der Waals surface area contributed by atoms with Crippen molar-refractivity contribution in [1.29, 1.82) is 0 Å². The standard InChI is InChI=1S/C27H45NO11/c1-5-6-7-28-26(29)22-20-23(27(30)33-4)25(39-19-17-37-15-13-35-11-9-32-3)21-24(22)38-18-16-36-14-12-34-10-8-31-2/h20-21H,5-19H2,1-4H3,(H,28,29). The highest BCUT2D eigenvalue weighted by Gasteiger charge is 2.22. The fourth-order valence-electron chi connectivity index (χ4n) is 3.07. The van der Waals surface area contributed by atoms with Gasteiger partial charge in [0.25, 0.3) is 5.91 Å². The highest BCUT2D eigenvalue weighted by Crippen LogP contribution is 2.30. The Kier molecular flexibility index (Phi) is 20.7. The van der Waals surface area contributed by atoms with Gasteiger partial charge in [0, 0.05) is 26.8 Å². The van der Waals surface area contributed by atoms with E-state index in [2.05, 4.69) is 5.32 Å². The molecule has 0 aliphatic heterocycles. The first-order chi connectivity index (χ1) is 19.1. The Hall–Kier alpha value is -2.48. The molecule has 0 saturated carbocycles. The van der Waals surface area contributed by atoms with Crippen LogP contribution in [0.2, 0.25) is 0 Å². The Labute approximate surface area is 231 Å². The molecule has 1 aromatic carbocycles. The van der Waals surface area contributed by atoms with Gasteiger partial charge in [-0.3, -0.25) is 4.79 Å². The van der Waals surface area contributed by atoms with E-state index in [1.54, 1.807) is 14.2 Å². The Morgan fingerprint density at radius 1 is 0.641 bits per heavy atom. The van der Waals surface area contributed by atoms with Gasteiger partial charge in [0.15, 0.2) is 0 Å². The molecule has 12 heteroatoms. The molecule has 39 heavy (non-hydrogen) atoms. The number of carbonyl (C=O) groups excluding carboxylic acids is 2. The molecule has 12 nitrogen and oxygen atoms in total. The van der Waals surface area contributed by atoms with E-state index in [1.807, 2.05) is 6.92 Å². The number of esters is 1. The smallest absolute Gasteiger partial charge is 0.341 e. The summed E-state index contributed by atoms with van der Waals surface area (Å²) in [4.78, 5) is 25.4. The molecule has 0 heterocycles. The van der Waals surface area contributed by atoms with Gasteiger partial charge in [-0.1, -0.05) is 13.3 Å². The SMILES string of the molecule is CCCCNC(=O)c1cc(C(=O)OC)c(OCCOCCOCCOC)cc1OCCOCCOCCOC. The molecule has 0 aliphatic carbocycles. The normalized spacial score (nSPS) is 10.9. The van der Waals surface area contributed by atoms with Crippen molar-refractivity contribution in [3.05, 3.63) is 23.3 Å². The Balaban J connectivity index is 2.81. The number of methoxy groups -OCH3 is 3. The maximum Gasteiger partial charge on any atom is 0.341 e. The van der Waals surface area contributed by atoms with E-state index < -0.39 is 5.97 Å². The molecule has 0 saturated heterocycles. The summed E-state index contributed by atoms with van der Waals surface area (Å²) < 4.78 is 48.2. The monoisotopic (exact) mass is 559 g/mol. The first-order valence-electron chi connectivity index (χ1n) is 13.2. The van der Waals surface area contributed by atoms with Gasteiger partial charge in [-0.25, -0.2) is 4.79 Å². The van der Waals surface area contributed by atoms with E-state index in [9.17, 15) is 9.59 Å². The van der Waals surface area contributed by atoms with Crippen LogP contribution in [0.3, 0.4) is 0 Å². The molecule has 1 rings (SSSR count). The summed E-state index contributed by atoms with van der Waals surface area (Å²) in [6.07, 6.45) is 1.75. The second-order valence-corrected chi connectivity index (χ2v) is 8.08. The van der Waals surface area contributed by atoms with Crippen molar-refractivity contribution in [3.8, 4) is 11.5 Å². The summed E-state index contributed by atoms with van der Waals surface area (Å²) in [7, 11) is 4.48. The predicted octanol–water partition coefficient (Wildman–Crippen LogP) is 2.12. The van der Waals surface area contributed by atoms with Crippen molar-refractivity contribution in [2.75, 3.05) is 107 Å². The number of benzene rings is 1. The van der Waals surface area contributed by atoms with E-state index in [0.717, 1.165) is 12.8 Å². The molecule has 1 amide bonds. The summed E-state index contributed by atoms with van der Waals surface area (Å²) >= 11 is 0. The van der Waals surface area contributed by atoms with Gasteiger partial charge in [0.2, 0.25) is 0 Å². The lowest BCUT2D eigenvalue weighted by Gasteiger charge is -2.17. The first kappa shape index (κ1) is 34.5. The fourth-order valence-corrected chi connectivity index (χ4v) is 3.07. The Bertz CT molecular complexity index is 791. The molecule has 224 valence electrons. The summed E-state index contributed by atoms with van der Waals surface area (Å²) in [6, 6.07) is 2.94. The zero-order chi connectivity index (χ0) is 28.6. The van der Waals surface area contributed by atoms with Crippen LogP contribution in [0.15, 0.2) is 12.1 Å². The van der Waals surface area contributed by atoms with Gasteiger partial charge < -0.3 is 47.9 Å². The lowest BCUT2D eigenvalue weighted by atomic mass is 10.1. The predicted molar refractivity (Wildman–Crippen MR) is 143 cm³/mol. The summed E-state index contributed by atoms with van der Waals surface area (Å²) in [5.41, 5.74) is 0.309. The summed E-state index contributed by atoms with van der Waals surface area (Å²) in [6.45, 7) is 7.09. The molecule has 0 spiro atoms. The third-order valence-corrected chi connectivity index (χ3v) is 5.13. The molecule has 0 aromatic heterocycles. The highest BCUT2D eigenvalue weighted by molar-refractivity contribution is 6.01. The second-order valence-electron chi connectivity index (χ2n) is 8.08. The van der Waals surface area contributed by atoms with Crippen molar-refractivity contribution in [1.82, 2.24) is 5.32 Å². The quantitative estimate of drug-likeness (QED) is 0.140. The number of amides is 1. The Morgan fingerprint density at radius 2 is 1.10 bits per heavy atom. The molecule has 1 aromatic rings. The van der Waals surface area contributed by atoms with Crippen molar-refractivity contribution < 1.29 is 52.2 Å². The number of nitrogens with one attached hydrogen (secondary N) is 1. The third-order valence-electron chi connectivity index (χ3n) is 5.13. The highest BCUT2D eigenvalue weighted by atomic mass is 16.6. The first-order valence-corrected chi connectivity index (χ1v) is 13.2. The van der Waals surface area contributed by atoms with E-state index in [4.69, 9.17) is 42.6 Å². The molecular formula is C27H45NO11. The van der Waals surface area contributed by atoms with Gasteiger partial charge in [0.05, 0.1) is 78.7 Å². The average Bonchev–Trinajstić information content (AvgIpc) is 2.95. The van der Waals surface area contributed by atoms with Gasteiger partial charge in [-0.15, -0.1) is 0 Å². The number of rotatable bonds is 25. The minimum atomic E-state index is -0.636. The zero-order valence-electron chi connectivity index (χ0n) is 23.8. The Morgan fingerprint density at radius 3 is 1.56 bits per heavy atom. The van der Waals surface area contributed by atoms with Gasteiger partial charge in [-0.05, 0) is 12.5 Å². The minimum Gasteiger partial charge on any atom is -0.490 e. The summed E-state index contributed by atoms with van der Waals surface area (Å²) in [5, 5.41) is 2.85. The molecule has 1 N–H and O–H groups in total. The van der Waals surface area contributed by atoms with Crippen molar-refractivity contribution in [2.45, 2.75) is 19.8 Å². The summed E-state index contributed by atoms with van der Waals surface area (Å²) in [5.74, 6) is -0.517. The van der Waals surface area contributed by atoms with Gasteiger partial charge >= 0.3 is 5.97 Å². The van der Waals surface area contributed by atoms with Crippen LogP contribution < -0.4 is 14.8 Å². The van der Waals surface area contributed by atoms with Crippen LogP contribution in [0.4, 0.5) is 0 Å². The molecule has 0 radical (unpaired) electrons. The van der Waals surface area contributed by atoms with Crippen LogP contribution in [0.1, 0.15) is 40.5 Å². The number of unbranched alkanes of at least 4 members (excludes halogenated alkanes) is 1. The number of hydrogen-bond donors (Lipinski definition) is 1. The lowest BCUT2D eigenvalue weighted by molar-refractivity contribution is 0.0173. The number of hydrogen-bond acceptors (Lipinski definition) is 11. The van der Waals surface area contributed by atoms with Gasteiger partial charge in [-0.2, -0.15) is 0 Å². The van der Waals surface area contributed by atoms with Crippen LogP contribution in [-0.4, -0.2) is 119 Å². The van der Waals surface area contributed by atoms with E-state index >= 15 is 0 Å². The second kappa shape index (κ2) is 23.4. The maximum atomic E-state index is 12.9. The van der Waals surface area contributed by atoms with Crippen LogP contribution >= 0.6 is 0 Å². The van der Waals surface area contributed by atoms with E-state index in [-0.39, 0.29) is 55.0 Å². The molecule has 0 bridgehead atoms. The molecule has 0 fully saturated rings. The van der Waals surface area contributed by atoms with Crippen molar-refractivity contribution >= 4 is 11.9 Å². The fraction of sp³-hybridized carbons (Fsp3) is 0.704. The van der Waals surface area contributed by atoms with Crippen LogP contribution in [-0.2, 0) is 33.2 Å². The number of carbonyl (C=O) groups is 2. The van der Waals surface area contributed by atoms with Crippen LogP contribution in [0.5, 0.6) is 11.5 Å². The van der Waals surface area contributed by atoms with Crippen LogP contribution in [0, 0.1) is 0 Å². The van der Waals surface area contributed by atoms with Crippen LogP contribution in [0.25, 0.3) is 0 Å². The van der Waals surface area contributed by atoms with Crippen molar-refractivity contribution in [3.63, 3.8) is 0 Å². The average molecular weight is 560 g/mol. The molecular weight excluding hydrogens is 514 g/mol. The van der Waals surface area contributed by atoms with E-state index in [0.29, 0.717) is 59.4 Å². The third kappa shape index (κ3) is 15.6. The zero-order valence-corrected chi connectivity index (χ0v) is 23.8. The molecule has 0 aliphatic rings. The largest absolute Gasteiger partial charge is 0.490 e. The molecule has 0 unspecified atom stereocenters. The maximum absolute atomic E-state index is 12.9. The minimum absolute atomic E-state index is 0.109. The molecule has 0 atom stereocenters. The number of ether oxygens (including phenoxy) is 9. The lowest BCUT2D eigenvalue weighted by Crippen LogP contribution is -2.26. The van der Waals surface area contributed by atoms with Crippen molar-refractivity contribution in [2.24, 2.45) is 0 Å². The van der Waals surface area contributed by atoms with Gasteiger partial charge in [0.1, 0.15) is 30.3 Å².